The number of anilines is 1. The first kappa shape index (κ1) is 13.8. The average Bonchev–Trinajstić information content (AvgIpc) is 2.40. The molecule has 18 heavy (non-hydrogen) atoms. The lowest BCUT2D eigenvalue weighted by atomic mass is 10.2. The van der Waals surface area contributed by atoms with Gasteiger partial charge in [0.25, 0.3) is 0 Å². The van der Waals surface area contributed by atoms with Crippen molar-refractivity contribution in [1.29, 1.82) is 0 Å². The molecule has 0 unspecified atom stereocenters. The standard InChI is InChI=1S/C11H13N3O4/c1-17-7-9(15)10(11(16)18-2)14-13-8-4-3-5-12-6-8/h3-6,13H,7H2,1-2H3/b14-10-. The third kappa shape index (κ3) is 3.95. The predicted molar refractivity (Wildman–Crippen MR) is 64.2 cm³/mol. The van der Waals surface area contributed by atoms with Crippen LogP contribution < -0.4 is 5.43 Å². The predicted octanol–water partition coefficient (Wildman–Crippen LogP) is 0.238. The molecule has 0 fully saturated rings. The number of aromatic nitrogens is 1. The molecule has 0 aliphatic rings. The van der Waals surface area contributed by atoms with Gasteiger partial charge in [-0.3, -0.25) is 15.2 Å². The summed E-state index contributed by atoms with van der Waals surface area (Å²) in [6.45, 7) is -0.247. The highest BCUT2D eigenvalue weighted by atomic mass is 16.5. The largest absolute Gasteiger partial charge is 0.464 e. The Morgan fingerprint density at radius 1 is 1.44 bits per heavy atom. The highest BCUT2D eigenvalue weighted by Crippen LogP contribution is 2.02. The Hall–Kier alpha value is -2.28. The number of nitrogens with zero attached hydrogens (tertiary/aromatic N) is 2. The van der Waals surface area contributed by atoms with Gasteiger partial charge in [-0.2, -0.15) is 5.10 Å². The second kappa shape index (κ2) is 7.13. The topological polar surface area (TPSA) is 89.9 Å². The zero-order valence-electron chi connectivity index (χ0n) is 10.0. The summed E-state index contributed by atoms with van der Waals surface area (Å²) in [5.41, 5.74) is 2.73. The molecule has 0 spiro atoms. The number of carbonyl (C=O) groups is 2. The fourth-order valence-corrected chi connectivity index (χ4v) is 1.07. The van der Waals surface area contributed by atoms with E-state index in [2.05, 4.69) is 25.0 Å². The van der Waals surface area contributed by atoms with Crippen molar-refractivity contribution < 1.29 is 19.1 Å². The summed E-state index contributed by atoms with van der Waals surface area (Å²) in [5.74, 6) is -1.39. The minimum atomic E-state index is -0.826. The maximum absolute atomic E-state index is 11.6. The van der Waals surface area contributed by atoms with Gasteiger partial charge in [-0.1, -0.05) is 0 Å². The molecule has 0 atom stereocenters. The van der Waals surface area contributed by atoms with Crippen LogP contribution >= 0.6 is 0 Å². The van der Waals surface area contributed by atoms with Crippen LogP contribution in [-0.4, -0.2) is 43.3 Å². The van der Waals surface area contributed by atoms with Crippen LogP contribution in [0.2, 0.25) is 0 Å². The Balaban J connectivity index is 2.83. The quantitative estimate of drug-likeness (QED) is 0.337. The molecule has 96 valence electrons. The van der Waals surface area contributed by atoms with Gasteiger partial charge < -0.3 is 9.47 Å². The van der Waals surface area contributed by atoms with Gasteiger partial charge in [0.05, 0.1) is 19.0 Å². The lowest BCUT2D eigenvalue weighted by Crippen LogP contribution is -2.29. The smallest absolute Gasteiger partial charge is 0.362 e. The van der Waals surface area contributed by atoms with Crippen LogP contribution in [0.1, 0.15) is 0 Å². The molecule has 0 radical (unpaired) electrons. The number of hydrogen-bond donors (Lipinski definition) is 1. The van der Waals surface area contributed by atoms with Crippen molar-refractivity contribution in [3.05, 3.63) is 24.5 Å². The van der Waals surface area contributed by atoms with Crippen LogP contribution in [0.5, 0.6) is 0 Å². The number of ether oxygens (including phenoxy) is 2. The molecule has 7 nitrogen and oxygen atoms in total. The van der Waals surface area contributed by atoms with Crippen molar-refractivity contribution >= 4 is 23.2 Å². The van der Waals surface area contributed by atoms with Crippen LogP contribution in [0.25, 0.3) is 0 Å². The van der Waals surface area contributed by atoms with Crippen LogP contribution in [-0.2, 0) is 19.1 Å². The Morgan fingerprint density at radius 2 is 2.22 bits per heavy atom. The number of hydrazone groups is 1. The monoisotopic (exact) mass is 251 g/mol. The fourth-order valence-electron chi connectivity index (χ4n) is 1.07. The summed E-state index contributed by atoms with van der Waals surface area (Å²) in [7, 11) is 2.52. The summed E-state index contributed by atoms with van der Waals surface area (Å²) >= 11 is 0. The summed E-state index contributed by atoms with van der Waals surface area (Å²) in [6.07, 6.45) is 3.09. The summed E-state index contributed by atoms with van der Waals surface area (Å²) < 4.78 is 9.12. The van der Waals surface area contributed by atoms with Crippen molar-refractivity contribution in [3.8, 4) is 0 Å². The van der Waals surface area contributed by atoms with Crippen LogP contribution in [0, 0.1) is 0 Å². The molecule has 1 aromatic rings. The number of carbonyl (C=O) groups excluding carboxylic acids is 2. The third-order valence-electron chi connectivity index (χ3n) is 1.88. The third-order valence-corrected chi connectivity index (χ3v) is 1.88. The Bertz CT molecular complexity index is 445. The summed E-state index contributed by atoms with van der Waals surface area (Å²) in [5, 5.41) is 3.71. The molecule has 1 rings (SSSR count). The van der Waals surface area contributed by atoms with Gasteiger partial charge >= 0.3 is 5.97 Å². The molecular formula is C11H13N3O4. The molecule has 7 heteroatoms. The molecule has 0 bridgehead atoms. The first-order valence-electron chi connectivity index (χ1n) is 5.03. The van der Waals surface area contributed by atoms with E-state index < -0.39 is 11.8 Å². The SMILES string of the molecule is COCC(=O)/C(=N/Nc1cccnc1)C(=O)OC. The van der Waals surface area contributed by atoms with E-state index in [4.69, 9.17) is 0 Å². The number of ketones is 1. The van der Waals surface area contributed by atoms with Gasteiger partial charge in [-0.05, 0) is 12.1 Å². The van der Waals surface area contributed by atoms with Crippen molar-refractivity contribution in [3.63, 3.8) is 0 Å². The van der Waals surface area contributed by atoms with Crippen LogP contribution in [0.4, 0.5) is 5.69 Å². The molecule has 1 aromatic heterocycles. The number of pyridine rings is 1. The fraction of sp³-hybridized carbons (Fsp3) is 0.273. The van der Waals surface area contributed by atoms with Crippen molar-refractivity contribution in [2.24, 2.45) is 5.10 Å². The van der Waals surface area contributed by atoms with Gasteiger partial charge in [0.15, 0.2) is 0 Å². The maximum atomic E-state index is 11.6. The molecule has 0 saturated heterocycles. The molecule has 0 aliphatic heterocycles. The highest BCUT2D eigenvalue weighted by Gasteiger charge is 2.21. The van der Waals surface area contributed by atoms with E-state index in [0.717, 1.165) is 0 Å². The van der Waals surface area contributed by atoms with Crippen molar-refractivity contribution in [2.45, 2.75) is 0 Å². The number of hydrogen-bond acceptors (Lipinski definition) is 7. The number of Topliss-reactive ketones (excluding diaryl/α,β-unsaturated/α-hetero) is 1. The molecule has 1 N–H and O–H groups in total. The van der Waals surface area contributed by atoms with Crippen molar-refractivity contribution in [2.75, 3.05) is 26.3 Å². The van der Waals surface area contributed by atoms with Gasteiger partial charge in [0.2, 0.25) is 11.5 Å². The average molecular weight is 251 g/mol. The first-order chi connectivity index (χ1) is 8.69. The number of esters is 1. The highest BCUT2D eigenvalue weighted by molar-refractivity contribution is 6.64. The van der Waals surface area contributed by atoms with E-state index in [1.165, 1.54) is 20.4 Å². The Kier molecular flexibility index (Phi) is 5.46. The Morgan fingerprint density at radius 3 is 2.78 bits per heavy atom. The molecule has 0 amide bonds. The van der Waals surface area contributed by atoms with Gasteiger partial charge in [0.1, 0.15) is 6.61 Å². The van der Waals surface area contributed by atoms with Crippen molar-refractivity contribution in [1.82, 2.24) is 4.98 Å². The number of rotatable bonds is 6. The first-order valence-corrected chi connectivity index (χ1v) is 5.03. The minimum Gasteiger partial charge on any atom is -0.464 e. The molecule has 1 heterocycles. The van der Waals surface area contributed by atoms with E-state index in [9.17, 15) is 9.59 Å². The second-order valence-electron chi connectivity index (χ2n) is 3.16. The minimum absolute atomic E-state index is 0.247. The Labute approximate surface area is 104 Å². The maximum Gasteiger partial charge on any atom is 0.362 e. The van der Waals surface area contributed by atoms with Gasteiger partial charge in [-0.25, -0.2) is 4.79 Å². The van der Waals surface area contributed by atoms with Gasteiger partial charge in [-0.15, -0.1) is 0 Å². The number of nitrogens with one attached hydrogen (secondary N) is 1. The van der Waals surface area contributed by atoms with E-state index in [0.29, 0.717) is 5.69 Å². The molecule has 0 aliphatic carbocycles. The van der Waals surface area contributed by atoms with E-state index in [1.807, 2.05) is 0 Å². The van der Waals surface area contributed by atoms with E-state index in [-0.39, 0.29) is 12.3 Å². The lowest BCUT2D eigenvalue weighted by molar-refractivity contribution is -0.133. The lowest BCUT2D eigenvalue weighted by Gasteiger charge is -2.04. The molecular weight excluding hydrogens is 238 g/mol. The second-order valence-corrected chi connectivity index (χ2v) is 3.16. The molecule has 0 saturated carbocycles. The van der Waals surface area contributed by atoms with Crippen LogP contribution in [0.3, 0.4) is 0 Å². The van der Waals surface area contributed by atoms with E-state index in [1.54, 1.807) is 18.3 Å². The van der Waals surface area contributed by atoms with E-state index >= 15 is 0 Å². The van der Waals surface area contributed by atoms with Gasteiger partial charge in [0, 0.05) is 13.3 Å². The van der Waals surface area contributed by atoms with Crippen LogP contribution in [0.15, 0.2) is 29.6 Å². The summed E-state index contributed by atoms with van der Waals surface area (Å²) in [6, 6.07) is 3.37. The summed E-state index contributed by atoms with van der Waals surface area (Å²) in [4.78, 5) is 26.8. The molecule has 0 aromatic carbocycles. The number of methoxy groups -OCH3 is 2. The normalized spacial score (nSPS) is 10.9. The zero-order chi connectivity index (χ0) is 13.4. The zero-order valence-corrected chi connectivity index (χ0v) is 10.0.